The zero-order chi connectivity index (χ0) is 22.6. The van der Waals surface area contributed by atoms with Gasteiger partial charge in [-0.15, -0.1) is 0 Å². The van der Waals surface area contributed by atoms with E-state index in [-0.39, 0.29) is 54.9 Å². The number of ether oxygens (including phenoxy) is 1. The van der Waals surface area contributed by atoms with E-state index in [4.69, 9.17) is 4.74 Å². The quantitative estimate of drug-likeness (QED) is 0.645. The van der Waals surface area contributed by atoms with Gasteiger partial charge in [-0.2, -0.15) is 21.6 Å². The maximum absolute atomic E-state index is 13.1. The molecule has 7 nitrogen and oxygen atoms in total. The Bertz CT molecular complexity index is 997. The number of hydrogen-bond acceptors (Lipinski definition) is 5. The van der Waals surface area contributed by atoms with Crippen molar-refractivity contribution in [1.29, 1.82) is 0 Å². The number of benzene rings is 1. The molecule has 0 spiro atoms. The van der Waals surface area contributed by atoms with Crippen LogP contribution in [0.5, 0.6) is 0 Å². The number of piperidine rings is 1. The summed E-state index contributed by atoms with van der Waals surface area (Å²) in [7, 11) is -5.50. The maximum atomic E-state index is 13.1. The lowest BCUT2D eigenvalue weighted by Crippen LogP contribution is -2.52. The third-order valence-electron chi connectivity index (χ3n) is 6.54. The Hall–Kier alpha value is -2.30. The van der Waals surface area contributed by atoms with Gasteiger partial charge in [0.05, 0.1) is 5.69 Å². The number of rotatable bonds is 4. The second-order valence-electron chi connectivity index (χ2n) is 8.39. The summed E-state index contributed by atoms with van der Waals surface area (Å²) in [4.78, 5) is 25.9. The minimum absolute atomic E-state index is 0.0216. The Morgan fingerprint density at radius 2 is 1.84 bits per heavy atom. The van der Waals surface area contributed by atoms with Gasteiger partial charge in [0, 0.05) is 44.3 Å². The van der Waals surface area contributed by atoms with Gasteiger partial charge in [0.25, 0.3) is 0 Å². The van der Waals surface area contributed by atoms with Crippen molar-refractivity contribution in [2.75, 3.05) is 23.9 Å². The van der Waals surface area contributed by atoms with E-state index < -0.39 is 21.4 Å². The lowest BCUT2D eigenvalue weighted by atomic mass is 9.78. The van der Waals surface area contributed by atoms with Gasteiger partial charge >= 0.3 is 21.5 Å². The van der Waals surface area contributed by atoms with Gasteiger partial charge in [0.15, 0.2) is 0 Å². The van der Waals surface area contributed by atoms with Crippen LogP contribution in [0.3, 0.4) is 0 Å². The summed E-state index contributed by atoms with van der Waals surface area (Å²) in [6.07, 6.45) is 0.481. The molecule has 3 heterocycles. The van der Waals surface area contributed by atoms with E-state index in [1.165, 1.54) is 12.1 Å². The minimum Gasteiger partial charge on any atom is -0.462 e. The highest BCUT2D eigenvalue weighted by molar-refractivity contribution is 7.93. The van der Waals surface area contributed by atoms with Gasteiger partial charge in [-0.1, -0.05) is 18.2 Å². The van der Waals surface area contributed by atoms with E-state index in [9.17, 15) is 31.2 Å². The number of amides is 1. The number of hydrogen-bond donors (Lipinski definition) is 0. The predicted molar refractivity (Wildman–Crippen MR) is 104 cm³/mol. The Balaban J connectivity index is 1.48. The number of carbonyl (C=O) groups is 2. The van der Waals surface area contributed by atoms with Gasteiger partial charge < -0.3 is 9.64 Å². The third-order valence-corrected chi connectivity index (χ3v) is 8.05. The highest BCUT2D eigenvalue weighted by Gasteiger charge is 2.53. The minimum atomic E-state index is -5.50. The number of esters is 1. The number of cyclic esters (lactones) is 1. The van der Waals surface area contributed by atoms with E-state index in [1.807, 2.05) is 0 Å². The van der Waals surface area contributed by atoms with Crippen LogP contribution in [-0.4, -0.2) is 56.4 Å². The van der Waals surface area contributed by atoms with Crippen LogP contribution >= 0.6 is 0 Å². The average Bonchev–Trinajstić information content (AvgIpc) is 3.05. The summed E-state index contributed by atoms with van der Waals surface area (Å²) in [6, 6.07) is 6.15. The molecule has 4 atom stereocenters. The molecule has 3 aliphatic heterocycles. The number of halogens is 3. The zero-order valence-electron chi connectivity index (χ0n) is 16.8. The molecule has 1 aromatic rings. The first-order valence-corrected chi connectivity index (χ1v) is 11.6. The first kappa shape index (κ1) is 21.9. The Kier molecular flexibility index (Phi) is 5.43. The molecule has 2 saturated heterocycles. The number of alkyl halides is 3. The van der Waals surface area contributed by atoms with Crippen molar-refractivity contribution < 1.29 is 35.9 Å². The van der Waals surface area contributed by atoms with Crippen LogP contribution in [0, 0.1) is 11.8 Å². The van der Waals surface area contributed by atoms with Gasteiger partial charge in [0.2, 0.25) is 5.91 Å². The monoisotopic (exact) mass is 460 g/mol. The standard InChI is InChI=1S/C20H23F3N2O5S/c1-12-16-11-24(18(26)8-14(16)9-19(27)30-12)7-6-13-10-25(31(28,29)20(21,22)23)17-5-3-2-4-15(13)17/h2-5,12-14,16H,6-11H2,1H3/t12-,13?,14+,16+/m0/s1. The Labute approximate surface area is 178 Å². The Morgan fingerprint density at radius 1 is 1.13 bits per heavy atom. The summed E-state index contributed by atoms with van der Waals surface area (Å²) in [5.41, 5.74) is -4.83. The van der Waals surface area contributed by atoms with Crippen LogP contribution in [0.2, 0.25) is 0 Å². The van der Waals surface area contributed by atoms with Crippen molar-refractivity contribution in [1.82, 2.24) is 4.90 Å². The molecule has 31 heavy (non-hydrogen) atoms. The fourth-order valence-electron chi connectivity index (χ4n) is 4.91. The second-order valence-corrected chi connectivity index (χ2v) is 10.2. The SMILES string of the molecule is C[C@@H]1OC(=O)C[C@H]2CC(=O)N(CCC3CN(S(=O)(=O)C(F)(F)F)c4ccccc43)C[C@@H]21. The molecule has 0 N–H and O–H groups in total. The molecule has 170 valence electrons. The molecular weight excluding hydrogens is 437 g/mol. The number of nitrogens with zero attached hydrogens (tertiary/aromatic N) is 2. The Morgan fingerprint density at radius 3 is 2.55 bits per heavy atom. The van der Waals surface area contributed by atoms with Crippen molar-refractivity contribution in [2.45, 2.75) is 43.7 Å². The lowest BCUT2D eigenvalue weighted by molar-refractivity contribution is -0.168. The smallest absolute Gasteiger partial charge is 0.462 e. The zero-order valence-corrected chi connectivity index (χ0v) is 17.7. The van der Waals surface area contributed by atoms with Crippen LogP contribution in [0.15, 0.2) is 24.3 Å². The molecule has 0 bridgehead atoms. The topological polar surface area (TPSA) is 84.0 Å². The number of carbonyl (C=O) groups excluding carboxylic acids is 2. The van der Waals surface area contributed by atoms with Crippen LogP contribution < -0.4 is 4.31 Å². The fourth-order valence-corrected chi connectivity index (χ4v) is 5.96. The lowest BCUT2D eigenvalue weighted by Gasteiger charge is -2.43. The van der Waals surface area contributed by atoms with Crippen molar-refractivity contribution >= 4 is 27.6 Å². The van der Waals surface area contributed by atoms with E-state index in [0.717, 1.165) is 0 Å². The summed E-state index contributed by atoms with van der Waals surface area (Å²) in [6.45, 7) is 2.19. The normalized spacial score (nSPS) is 28.9. The van der Waals surface area contributed by atoms with Crippen molar-refractivity contribution in [3.05, 3.63) is 29.8 Å². The first-order chi connectivity index (χ1) is 14.5. The fraction of sp³-hybridized carbons (Fsp3) is 0.600. The van der Waals surface area contributed by atoms with Crippen LogP contribution in [0.1, 0.15) is 37.7 Å². The predicted octanol–water partition coefficient (Wildman–Crippen LogP) is 2.63. The molecule has 0 aromatic heterocycles. The van der Waals surface area contributed by atoms with E-state index in [0.29, 0.717) is 29.4 Å². The summed E-state index contributed by atoms with van der Waals surface area (Å²) < 4.78 is 69.2. The molecule has 0 radical (unpaired) electrons. The molecule has 3 aliphatic rings. The average molecular weight is 460 g/mol. The van der Waals surface area contributed by atoms with Gasteiger partial charge in [0.1, 0.15) is 6.10 Å². The number of sulfonamides is 1. The van der Waals surface area contributed by atoms with Crippen LogP contribution in [0.4, 0.5) is 18.9 Å². The highest BCUT2D eigenvalue weighted by Crippen LogP contribution is 2.43. The van der Waals surface area contributed by atoms with Gasteiger partial charge in [-0.05, 0) is 30.9 Å². The highest BCUT2D eigenvalue weighted by atomic mass is 32.2. The molecule has 1 amide bonds. The summed E-state index contributed by atoms with van der Waals surface area (Å²) in [5.74, 6) is -0.897. The number of anilines is 1. The maximum Gasteiger partial charge on any atom is 0.516 e. The molecular formula is C20H23F3N2O5S. The van der Waals surface area contributed by atoms with Crippen LogP contribution in [0.25, 0.3) is 0 Å². The van der Waals surface area contributed by atoms with E-state index >= 15 is 0 Å². The molecule has 0 saturated carbocycles. The van der Waals surface area contributed by atoms with Crippen LogP contribution in [-0.2, 0) is 24.3 Å². The van der Waals surface area contributed by atoms with Crippen molar-refractivity contribution in [2.24, 2.45) is 11.8 Å². The molecule has 1 aromatic carbocycles. The summed E-state index contributed by atoms with van der Waals surface area (Å²) in [5, 5.41) is 0. The third kappa shape index (κ3) is 3.88. The number of para-hydroxylation sites is 1. The van der Waals surface area contributed by atoms with Crippen molar-refractivity contribution in [3.63, 3.8) is 0 Å². The summed E-state index contributed by atoms with van der Waals surface area (Å²) >= 11 is 0. The molecule has 11 heteroatoms. The van der Waals surface area contributed by atoms with Gasteiger partial charge in [-0.25, -0.2) is 0 Å². The number of likely N-dealkylation sites (tertiary alicyclic amines) is 1. The number of fused-ring (bicyclic) bond motifs is 2. The van der Waals surface area contributed by atoms with E-state index in [2.05, 4.69) is 0 Å². The largest absolute Gasteiger partial charge is 0.516 e. The van der Waals surface area contributed by atoms with E-state index in [1.54, 1.807) is 24.0 Å². The molecule has 4 rings (SSSR count). The molecule has 1 unspecified atom stereocenters. The van der Waals surface area contributed by atoms with Gasteiger partial charge in [-0.3, -0.25) is 13.9 Å². The second kappa shape index (κ2) is 7.68. The molecule has 0 aliphatic carbocycles. The first-order valence-electron chi connectivity index (χ1n) is 10.1. The molecule has 2 fully saturated rings. The van der Waals surface area contributed by atoms with Crippen molar-refractivity contribution in [3.8, 4) is 0 Å².